The van der Waals surface area contributed by atoms with E-state index < -0.39 is 0 Å². The molecule has 0 spiro atoms. The van der Waals surface area contributed by atoms with Crippen molar-refractivity contribution in [3.05, 3.63) is 35.9 Å². The Labute approximate surface area is 133 Å². The van der Waals surface area contributed by atoms with Crippen LogP contribution in [0.3, 0.4) is 0 Å². The lowest BCUT2D eigenvalue weighted by atomic mass is 9.96. The van der Waals surface area contributed by atoms with Gasteiger partial charge in [-0.15, -0.1) is 0 Å². The first-order chi connectivity index (χ1) is 10.8. The van der Waals surface area contributed by atoms with Gasteiger partial charge in [-0.05, 0) is 38.3 Å². The number of benzene rings is 1. The highest BCUT2D eigenvalue weighted by Crippen LogP contribution is 2.18. The van der Waals surface area contributed by atoms with E-state index in [0.29, 0.717) is 6.54 Å². The van der Waals surface area contributed by atoms with E-state index in [1.807, 2.05) is 13.0 Å². The van der Waals surface area contributed by atoms with Gasteiger partial charge in [0.25, 0.3) is 0 Å². The van der Waals surface area contributed by atoms with Gasteiger partial charge in [-0.25, -0.2) is 0 Å². The minimum absolute atomic E-state index is 0.129. The summed E-state index contributed by atoms with van der Waals surface area (Å²) in [5.41, 5.74) is 1.32. The summed E-state index contributed by atoms with van der Waals surface area (Å²) in [6, 6.07) is 10.5. The van der Waals surface area contributed by atoms with Crippen molar-refractivity contribution in [2.24, 2.45) is 5.92 Å². The number of carbonyl (C=O) groups excluding carboxylic acids is 1. The Hall–Kier alpha value is -1.39. The molecule has 1 fully saturated rings. The van der Waals surface area contributed by atoms with Crippen molar-refractivity contribution in [2.75, 3.05) is 32.8 Å². The zero-order valence-electron chi connectivity index (χ0n) is 13.6. The Bertz CT molecular complexity index is 436. The van der Waals surface area contributed by atoms with Crippen molar-refractivity contribution in [2.45, 2.75) is 32.7 Å². The molecule has 1 aliphatic heterocycles. The predicted molar refractivity (Wildman–Crippen MR) is 88.6 cm³/mol. The summed E-state index contributed by atoms with van der Waals surface area (Å²) >= 11 is 0. The second kappa shape index (κ2) is 9.59. The first kappa shape index (κ1) is 17.0. The molecule has 1 amide bonds. The highest BCUT2D eigenvalue weighted by molar-refractivity contribution is 5.78. The molecule has 0 aliphatic carbocycles. The molecule has 1 aromatic rings. The quantitative estimate of drug-likeness (QED) is 0.750. The van der Waals surface area contributed by atoms with Crippen molar-refractivity contribution in [1.82, 2.24) is 10.2 Å². The van der Waals surface area contributed by atoms with Crippen molar-refractivity contribution < 1.29 is 9.53 Å². The Balaban J connectivity index is 1.71. The molecule has 1 N–H and O–H groups in total. The Kier molecular flexibility index (Phi) is 7.40. The molecule has 22 heavy (non-hydrogen) atoms. The number of ether oxygens (including phenoxy) is 1. The summed E-state index contributed by atoms with van der Waals surface area (Å²) in [7, 11) is 0. The van der Waals surface area contributed by atoms with Gasteiger partial charge in [0, 0.05) is 32.8 Å². The van der Waals surface area contributed by atoms with E-state index in [0.717, 1.165) is 52.1 Å². The van der Waals surface area contributed by atoms with Gasteiger partial charge in [-0.3, -0.25) is 9.69 Å². The van der Waals surface area contributed by atoms with Crippen LogP contribution in [0.2, 0.25) is 0 Å². The summed E-state index contributed by atoms with van der Waals surface area (Å²) in [6.45, 7) is 7.06. The summed E-state index contributed by atoms with van der Waals surface area (Å²) in [5.74, 6) is 0.332. The number of nitrogens with zero attached hydrogens (tertiary/aromatic N) is 1. The summed E-state index contributed by atoms with van der Waals surface area (Å²) in [4.78, 5) is 14.6. The van der Waals surface area contributed by atoms with Gasteiger partial charge in [0.15, 0.2) is 0 Å². The average Bonchev–Trinajstić information content (AvgIpc) is 2.56. The molecule has 0 bridgehead atoms. The molecule has 1 saturated heterocycles. The van der Waals surface area contributed by atoms with Crippen LogP contribution in [0.25, 0.3) is 0 Å². The monoisotopic (exact) mass is 304 g/mol. The highest BCUT2D eigenvalue weighted by Gasteiger charge is 2.25. The molecule has 0 saturated carbocycles. The SMILES string of the molecule is CCOCCCNC(=O)C1CCCN(Cc2ccccc2)C1. The first-order valence-electron chi connectivity index (χ1n) is 8.41. The molecule has 1 aromatic carbocycles. The minimum atomic E-state index is 0.129. The van der Waals surface area contributed by atoms with Crippen LogP contribution in [0.4, 0.5) is 0 Å². The second-order valence-corrected chi connectivity index (χ2v) is 5.90. The van der Waals surface area contributed by atoms with Crippen LogP contribution in [-0.4, -0.2) is 43.7 Å². The first-order valence-corrected chi connectivity index (χ1v) is 8.41. The molecular formula is C18H28N2O2. The third-order valence-corrected chi connectivity index (χ3v) is 4.09. The van der Waals surface area contributed by atoms with Crippen molar-refractivity contribution >= 4 is 5.91 Å². The topological polar surface area (TPSA) is 41.6 Å². The van der Waals surface area contributed by atoms with Crippen LogP contribution in [0.1, 0.15) is 31.7 Å². The van der Waals surface area contributed by atoms with E-state index in [4.69, 9.17) is 4.74 Å². The van der Waals surface area contributed by atoms with Gasteiger partial charge >= 0.3 is 0 Å². The Morgan fingerprint density at radius 1 is 1.36 bits per heavy atom. The van der Waals surface area contributed by atoms with Gasteiger partial charge in [0.05, 0.1) is 5.92 Å². The standard InChI is InChI=1S/C18H28N2O2/c1-2-22-13-7-11-19-18(21)17-10-6-12-20(15-17)14-16-8-4-3-5-9-16/h3-5,8-9,17H,2,6-7,10-15H2,1H3,(H,19,21). The van der Waals surface area contributed by atoms with Crippen molar-refractivity contribution in [3.8, 4) is 0 Å². The largest absolute Gasteiger partial charge is 0.382 e. The molecule has 1 atom stereocenters. The third kappa shape index (κ3) is 5.78. The maximum atomic E-state index is 12.3. The fraction of sp³-hybridized carbons (Fsp3) is 0.611. The number of hydrogen-bond donors (Lipinski definition) is 1. The van der Waals surface area contributed by atoms with Gasteiger partial charge < -0.3 is 10.1 Å². The molecule has 1 aliphatic rings. The average molecular weight is 304 g/mol. The molecule has 1 heterocycles. The molecule has 4 heteroatoms. The number of nitrogens with one attached hydrogen (secondary N) is 1. The van der Waals surface area contributed by atoms with E-state index in [-0.39, 0.29) is 11.8 Å². The number of rotatable bonds is 8. The predicted octanol–water partition coefficient (Wildman–Crippen LogP) is 2.44. The lowest BCUT2D eigenvalue weighted by Crippen LogP contribution is -2.43. The van der Waals surface area contributed by atoms with Crippen LogP contribution >= 0.6 is 0 Å². The molecule has 122 valence electrons. The summed E-state index contributed by atoms with van der Waals surface area (Å²) < 4.78 is 5.28. The molecule has 2 rings (SSSR count). The van der Waals surface area contributed by atoms with E-state index in [2.05, 4.69) is 34.5 Å². The van der Waals surface area contributed by atoms with Crippen molar-refractivity contribution in [3.63, 3.8) is 0 Å². The number of carbonyl (C=O) groups is 1. The molecule has 1 unspecified atom stereocenters. The zero-order chi connectivity index (χ0) is 15.6. The third-order valence-electron chi connectivity index (χ3n) is 4.09. The number of amides is 1. The maximum absolute atomic E-state index is 12.3. The molecular weight excluding hydrogens is 276 g/mol. The van der Waals surface area contributed by atoms with Crippen LogP contribution in [0, 0.1) is 5.92 Å². The fourth-order valence-electron chi connectivity index (χ4n) is 2.93. The van der Waals surface area contributed by atoms with E-state index in [9.17, 15) is 4.79 Å². The molecule has 4 nitrogen and oxygen atoms in total. The lowest BCUT2D eigenvalue weighted by molar-refractivity contribution is -0.126. The molecule has 0 aromatic heterocycles. The normalized spacial score (nSPS) is 19.0. The minimum Gasteiger partial charge on any atom is -0.382 e. The fourth-order valence-corrected chi connectivity index (χ4v) is 2.93. The van der Waals surface area contributed by atoms with Gasteiger partial charge in [-0.2, -0.15) is 0 Å². The van der Waals surface area contributed by atoms with E-state index in [1.54, 1.807) is 0 Å². The second-order valence-electron chi connectivity index (χ2n) is 5.90. The van der Waals surface area contributed by atoms with Crippen LogP contribution < -0.4 is 5.32 Å². The van der Waals surface area contributed by atoms with E-state index >= 15 is 0 Å². The van der Waals surface area contributed by atoms with Gasteiger partial charge in [0.2, 0.25) is 5.91 Å². The number of likely N-dealkylation sites (tertiary alicyclic amines) is 1. The smallest absolute Gasteiger partial charge is 0.224 e. The van der Waals surface area contributed by atoms with Crippen LogP contribution in [0.5, 0.6) is 0 Å². The highest BCUT2D eigenvalue weighted by atomic mass is 16.5. The number of piperidine rings is 1. The van der Waals surface area contributed by atoms with Gasteiger partial charge in [0.1, 0.15) is 0 Å². The van der Waals surface area contributed by atoms with Crippen LogP contribution in [0.15, 0.2) is 30.3 Å². The Morgan fingerprint density at radius 3 is 2.95 bits per heavy atom. The van der Waals surface area contributed by atoms with E-state index in [1.165, 1.54) is 5.56 Å². The Morgan fingerprint density at radius 2 is 2.18 bits per heavy atom. The maximum Gasteiger partial charge on any atom is 0.224 e. The van der Waals surface area contributed by atoms with Gasteiger partial charge in [-0.1, -0.05) is 30.3 Å². The summed E-state index contributed by atoms with van der Waals surface area (Å²) in [5, 5.41) is 3.05. The molecule has 0 radical (unpaired) electrons. The van der Waals surface area contributed by atoms with Crippen molar-refractivity contribution in [1.29, 1.82) is 0 Å². The summed E-state index contributed by atoms with van der Waals surface area (Å²) in [6.07, 6.45) is 2.99. The zero-order valence-corrected chi connectivity index (χ0v) is 13.6. The number of hydrogen-bond acceptors (Lipinski definition) is 3. The van der Waals surface area contributed by atoms with Crippen LogP contribution in [-0.2, 0) is 16.1 Å². The lowest BCUT2D eigenvalue weighted by Gasteiger charge is -2.32.